The van der Waals surface area contributed by atoms with Gasteiger partial charge in [0.2, 0.25) is 11.7 Å². The van der Waals surface area contributed by atoms with Gasteiger partial charge in [0.15, 0.2) is 11.5 Å². The highest BCUT2D eigenvalue weighted by atomic mass is 32.2. The minimum Gasteiger partial charge on any atom is -0.493 e. The van der Waals surface area contributed by atoms with Crippen LogP contribution in [0.1, 0.15) is 26.7 Å². The average Bonchev–Trinajstić information content (AvgIpc) is 3.20. The van der Waals surface area contributed by atoms with Crippen LogP contribution in [0.3, 0.4) is 0 Å². The van der Waals surface area contributed by atoms with Gasteiger partial charge >= 0.3 is 0 Å². The second-order valence-electron chi connectivity index (χ2n) is 11.8. The Morgan fingerprint density at radius 1 is 0.623 bits per heavy atom. The second-order valence-corrected chi connectivity index (χ2v) is 13.0. The molecule has 0 fully saturated rings. The van der Waals surface area contributed by atoms with Gasteiger partial charge in [-0.2, -0.15) is 0 Å². The first-order chi connectivity index (χ1) is 25.8. The van der Waals surface area contributed by atoms with Crippen molar-refractivity contribution in [2.75, 3.05) is 32.0 Å². The number of methoxy groups -OCH3 is 3. The Morgan fingerprint density at radius 3 is 1.87 bits per heavy atom. The van der Waals surface area contributed by atoms with E-state index in [1.807, 2.05) is 84.9 Å². The number of benzene rings is 6. The van der Waals surface area contributed by atoms with E-state index in [9.17, 15) is 14.4 Å². The molecule has 0 heterocycles. The number of ether oxygens (including phenoxy) is 3. The maximum atomic E-state index is 13.8. The standard InChI is InChI=1S/C43H37N3O6S/c1-50-37-25-28(26-38(51-2)39(37)52-3)24-36(46-41(47)31-15-8-5-9-16-31)42(48)44-33-20-22-35(23-21-33)53-40(30-13-6-4-7-14-30)43(49)45-34-19-18-29-12-10-11-17-32(29)27-34/h4-27,40H,1-3H3,(H,44,48)(H,45,49)(H,46,47)/b36-24-. The van der Waals surface area contributed by atoms with Crippen LogP contribution in [-0.2, 0) is 9.59 Å². The van der Waals surface area contributed by atoms with E-state index in [-0.39, 0.29) is 11.6 Å². The molecule has 266 valence electrons. The molecule has 0 aliphatic rings. The van der Waals surface area contributed by atoms with Crippen LogP contribution >= 0.6 is 11.8 Å². The van der Waals surface area contributed by atoms with Crippen LogP contribution in [0, 0.1) is 0 Å². The third-order valence-corrected chi connectivity index (χ3v) is 9.52. The zero-order valence-electron chi connectivity index (χ0n) is 29.3. The highest BCUT2D eigenvalue weighted by molar-refractivity contribution is 8.00. The molecule has 1 unspecified atom stereocenters. The van der Waals surface area contributed by atoms with E-state index < -0.39 is 17.1 Å². The molecule has 3 amide bonds. The largest absolute Gasteiger partial charge is 0.493 e. The van der Waals surface area contributed by atoms with Gasteiger partial charge in [-0.15, -0.1) is 11.8 Å². The fraction of sp³-hybridized carbons (Fsp3) is 0.0930. The topological polar surface area (TPSA) is 115 Å². The Balaban J connectivity index is 1.22. The van der Waals surface area contributed by atoms with E-state index in [4.69, 9.17) is 14.2 Å². The summed E-state index contributed by atoms with van der Waals surface area (Å²) in [4.78, 5) is 41.5. The van der Waals surface area contributed by atoms with Crippen LogP contribution in [0.5, 0.6) is 17.2 Å². The molecule has 0 bridgehead atoms. The number of rotatable bonds is 13. The molecule has 0 aliphatic carbocycles. The molecule has 10 heteroatoms. The average molecular weight is 724 g/mol. The van der Waals surface area contributed by atoms with Gasteiger partial charge < -0.3 is 30.2 Å². The van der Waals surface area contributed by atoms with Crippen molar-refractivity contribution in [2.45, 2.75) is 10.1 Å². The third-order valence-electron chi connectivity index (χ3n) is 8.25. The number of carbonyl (C=O) groups is 3. The van der Waals surface area contributed by atoms with E-state index in [0.717, 1.165) is 21.2 Å². The lowest BCUT2D eigenvalue weighted by molar-refractivity contribution is -0.116. The summed E-state index contributed by atoms with van der Waals surface area (Å²) < 4.78 is 16.4. The van der Waals surface area contributed by atoms with Crippen molar-refractivity contribution >= 4 is 57.7 Å². The maximum Gasteiger partial charge on any atom is 0.272 e. The highest BCUT2D eigenvalue weighted by Gasteiger charge is 2.23. The lowest BCUT2D eigenvalue weighted by atomic mass is 10.1. The summed E-state index contributed by atoms with van der Waals surface area (Å²) >= 11 is 1.40. The normalized spacial score (nSPS) is 11.6. The summed E-state index contributed by atoms with van der Waals surface area (Å²) in [5.74, 6) is -0.00432. The lowest BCUT2D eigenvalue weighted by Crippen LogP contribution is -2.30. The van der Waals surface area contributed by atoms with Gasteiger partial charge in [-0.3, -0.25) is 14.4 Å². The van der Waals surface area contributed by atoms with Crippen LogP contribution in [0.2, 0.25) is 0 Å². The van der Waals surface area contributed by atoms with Crippen molar-refractivity contribution in [1.82, 2.24) is 5.32 Å². The molecule has 0 saturated heterocycles. The number of fused-ring (bicyclic) bond motifs is 1. The number of anilines is 2. The molecule has 6 aromatic carbocycles. The number of nitrogens with one attached hydrogen (secondary N) is 3. The van der Waals surface area contributed by atoms with E-state index in [2.05, 4.69) is 16.0 Å². The molecule has 0 spiro atoms. The Bertz CT molecular complexity index is 2240. The van der Waals surface area contributed by atoms with Crippen molar-refractivity contribution in [3.8, 4) is 17.2 Å². The Kier molecular flexibility index (Phi) is 11.7. The predicted molar refractivity (Wildman–Crippen MR) is 211 cm³/mol. The summed E-state index contributed by atoms with van der Waals surface area (Å²) in [5, 5.41) is 10.3. The van der Waals surface area contributed by atoms with Crippen LogP contribution in [0.25, 0.3) is 16.8 Å². The summed E-state index contributed by atoms with van der Waals surface area (Å²) in [6.07, 6.45) is 1.53. The predicted octanol–water partition coefficient (Wildman–Crippen LogP) is 8.75. The molecule has 0 saturated carbocycles. The summed E-state index contributed by atoms with van der Waals surface area (Å²) in [7, 11) is 4.50. The molecule has 3 N–H and O–H groups in total. The van der Waals surface area contributed by atoms with Gasteiger partial charge in [0, 0.05) is 21.8 Å². The first kappa shape index (κ1) is 36.3. The molecule has 53 heavy (non-hydrogen) atoms. The van der Waals surface area contributed by atoms with Gasteiger partial charge in [-0.25, -0.2) is 0 Å². The van der Waals surface area contributed by atoms with E-state index in [1.54, 1.807) is 54.6 Å². The van der Waals surface area contributed by atoms with Crippen LogP contribution in [0.15, 0.2) is 150 Å². The zero-order chi connectivity index (χ0) is 37.2. The minimum absolute atomic E-state index is 0.0129. The van der Waals surface area contributed by atoms with Crippen molar-refractivity contribution in [1.29, 1.82) is 0 Å². The molecule has 6 rings (SSSR count). The van der Waals surface area contributed by atoms with Crippen LogP contribution in [-0.4, -0.2) is 39.1 Å². The summed E-state index contributed by atoms with van der Waals surface area (Å²) in [6.45, 7) is 0. The summed E-state index contributed by atoms with van der Waals surface area (Å²) in [5.41, 5.74) is 2.95. The van der Waals surface area contributed by atoms with Crippen molar-refractivity contribution < 1.29 is 28.6 Å². The Hall–Kier alpha value is -6.52. The molecule has 9 nitrogen and oxygen atoms in total. The first-order valence-corrected chi connectivity index (χ1v) is 17.5. The van der Waals surface area contributed by atoms with Gasteiger partial charge in [0.1, 0.15) is 10.9 Å². The molecule has 0 aromatic heterocycles. The third kappa shape index (κ3) is 9.05. The molecular weight excluding hydrogens is 687 g/mol. The van der Waals surface area contributed by atoms with Crippen LogP contribution in [0.4, 0.5) is 11.4 Å². The van der Waals surface area contributed by atoms with Gasteiger partial charge in [0.25, 0.3) is 11.8 Å². The molecule has 0 aliphatic heterocycles. The molecular formula is C43H37N3O6S. The highest BCUT2D eigenvalue weighted by Crippen LogP contribution is 2.39. The zero-order valence-corrected chi connectivity index (χ0v) is 30.1. The quantitative estimate of drug-likeness (QED) is 0.0807. The molecule has 0 radical (unpaired) electrons. The fourth-order valence-electron chi connectivity index (χ4n) is 5.62. The van der Waals surface area contributed by atoms with E-state index in [1.165, 1.54) is 39.2 Å². The second kappa shape index (κ2) is 17.1. The fourth-order valence-corrected chi connectivity index (χ4v) is 6.65. The lowest BCUT2D eigenvalue weighted by Gasteiger charge is -2.18. The first-order valence-electron chi connectivity index (χ1n) is 16.7. The summed E-state index contributed by atoms with van der Waals surface area (Å²) in [6, 6.07) is 42.6. The van der Waals surface area contributed by atoms with Gasteiger partial charge in [-0.1, -0.05) is 78.9 Å². The maximum absolute atomic E-state index is 13.8. The number of thioether (sulfide) groups is 1. The minimum atomic E-state index is -0.555. The van der Waals surface area contributed by atoms with Gasteiger partial charge in [-0.05, 0) is 88.6 Å². The number of carbonyl (C=O) groups excluding carboxylic acids is 3. The smallest absolute Gasteiger partial charge is 0.272 e. The Labute approximate surface area is 312 Å². The number of hydrogen-bond donors (Lipinski definition) is 3. The van der Waals surface area contributed by atoms with Crippen molar-refractivity contribution in [2.24, 2.45) is 0 Å². The number of hydrogen-bond acceptors (Lipinski definition) is 7. The molecule has 6 aromatic rings. The monoisotopic (exact) mass is 723 g/mol. The number of amides is 3. The van der Waals surface area contributed by atoms with E-state index >= 15 is 0 Å². The van der Waals surface area contributed by atoms with Gasteiger partial charge in [0.05, 0.1) is 21.3 Å². The van der Waals surface area contributed by atoms with Crippen molar-refractivity contribution in [3.63, 3.8) is 0 Å². The van der Waals surface area contributed by atoms with E-state index in [0.29, 0.717) is 39.8 Å². The van der Waals surface area contributed by atoms with Crippen molar-refractivity contribution in [3.05, 3.63) is 162 Å². The van der Waals surface area contributed by atoms with Crippen LogP contribution < -0.4 is 30.2 Å². The SMILES string of the molecule is COc1cc(/C=C(\NC(=O)c2ccccc2)C(=O)Nc2ccc(SC(C(=O)Nc3ccc4ccccc4c3)c3ccccc3)cc2)cc(OC)c1OC. The Morgan fingerprint density at radius 2 is 1.23 bits per heavy atom. The molecule has 1 atom stereocenters.